The van der Waals surface area contributed by atoms with Crippen molar-refractivity contribution in [2.75, 3.05) is 13.6 Å². The molecule has 102 valence electrons. The largest absolute Gasteiger partial charge is 0.337 e. The number of hydrogen-bond donors (Lipinski definition) is 1. The van der Waals surface area contributed by atoms with Gasteiger partial charge in [0.1, 0.15) is 5.82 Å². The van der Waals surface area contributed by atoms with Crippen molar-refractivity contribution in [1.29, 1.82) is 0 Å². The van der Waals surface area contributed by atoms with Crippen LogP contribution in [0.4, 0.5) is 0 Å². The number of rotatable bonds is 6. The number of aromatic nitrogens is 2. The topological polar surface area (TPSA) is 33.1 Å². The van der Waals surface area contributed by atoms with Crippen molar-refractivity contribution in [3.05, 3.63) is 18.2 Å². The van der Waals surface area contributed by atoms with Gasteiger partial charge in [-0.15, -0.1) is 0 Å². The fourth-order valence-electron chi connectivity index (χ4n) is 2.55. The fourth-order valence-corrected chi connectivity index (χ4v) is 2.55. The smallest absolute Gasteiger partial charge is 0.122 e. The lowest BCUT2D eigenvalue weighted by molar-refractivity contribution is 0.230. The van der Waals surface area contributed by atoms with Crippen LogP contribution >= 0.6 is 0 Å². The van der Waals surface area contributed by atoms with E-state index in [1.807, 2.05) is 12.4 Å². The van der Waals surface area contributed by atoms with Crippen molar-refractivity contribution in [3.63, 3.8) is 0 Å². The molecule has 4 nitrogen and oxygen atoms in total. The van der Waals surface area contributed by atoms with Gasteiger partial charge < -0.3 is 9.88 Å². The predicted octanol–water partition coefficient (Wildman–Crippen LogP) is 1.77. The van der Waals surface area contributed by atoms with Gasteiger partial charge in [-0.2, -0.15) is 0 Å². The lowest BCUT2D eigenvalue weighted by Crippen LogP contribution is -2.41. The van der Waals surface area contributed by atoms with Gasteiger partial charge in [-0.25, -0.2) is 4.98 Å². The Balaban J connectivity index is 1.74. The van der Waals surface area contributed by atoms with Crippen molar-refractivity contribution in [3.8, 4) is 0 Å². The Labute approximate surface area is 110 Å². The second-order valence-corrected chi connectivity index (χ2v) is 5.61. The number of nitrogens with zero attached hydrogens (tertiary/aromatic N) is 3. The highest BCUT2D eigenvalue weighted by Gasteiger charge is 2.17. The summed E-state index contributed by atoms with van der Waals surface area (Å²) in [4.78, 5) is 6.74. The van der Waals surface area contributed by atoms with Crippen LogP contribution in [0, 0.1) is 0 Å². The first-order chi connectivity index (χ1) is 8.66. The molecule has 0 saturated heterocycles. The van der Waals surface area contributed by atoms with Gasteiger partial charge in [0.15, 0.2) is 0 Å². The zero-order valence-corrected chi connectivity index (χ0v) is 11.9. The van der Waals surface area contributed by atoms with Crippen molar-refractivity contribution in [1.82, 2.24) is 19.8 Å². The second-order valence-electron chi connectivity index (χ2n) is 5.61. The molecule has 0 spiro atoms. The zero-order valence-electron chi connectivity index (χ0n) is 11.9. The van der Waals surface area contributed by atoms with Gasteiger partial charge in [-0.1, -0.05) is 12.8 Å². The second kappa shape index (κ2) is 6.34. The molecule has 1 atom stereocenters. The van der Waals surface area contributed by atoms with Gasteiger partial charge in [0.2, 0.25) is 0 Å². The van der Waals surface area contributed by atoms with Gasteiger partial charge in [0.05, 0.1) is 6.54 Å². The first-order valence-electron chi connectivity index (χ1n) is 7.06. The average molecular weight is 250 g/mol. The molecule has 1 aliphatic rings. The number of imidazole rings is 1. The van der Waals surface area contributed by atoms with Gasteiger partial charge in [0, 0.05) is 38.1 Å². The van der Waals surface area contributed by atoms with E-state index in [1.54, 1.807) is 0 Å². The molecule has 1 heterocycles. The van der Waals surface area contributed by atoms with Crippen molar-refractivity contribution in [2.45, 2.75) is 51.2 Å². The minimum absolute atomic E-state index is 0.544. The molecule has 0 radical (unpaired) electrons. The third-order valence-corrected chi connectivity index (χ3v) is 4.12. The quantitative estimate of drug-likeness (QED) is 0.835. The van der Waals surface area contributed by atoms with E-state index in [0.717, 1.165) is 25.0 Å². The normalized spacial score (nSPS) is 18.7. The maximum Gasteiger partial charge on any atom is 0.122 e. The van der Waals surface area contributed by atoms with E-state index in [0.29, 0.717) is 6.04 Å². The maximum absolute atomic E-state index is 4.38. The summed E-state index contributed by atoms with van der Waals surface area (Å²) < 4.78 is 2.09. The summed E-state index contributed by atoms with van der Waals surface area (Å²) in [5.41, 5.74) is 0. The van der Waals surface area contributed by atoms with Crippen LogP contribution < -0.4 is 5.32 Å². The van der Waals surface area contributed by atoms with E-state index in [2.05, 4.69) is 40.8 Å². The molecule has 0 amide bonds. The van der Waals surface area contributed by atoms with Crippen molar-refractivity contribution < 1.29 is 0 Å². The third-order valence-electron chi connectivity index (χ3n) is 4.12. The molecule has 1 aliphatic carbocycles. The van der Waals surface area contributed by atoms with E-state index in [1.165, 1.54) is 25.7 Å². The Hall–Kier alpha value is -0.870. The van der Waals surface area contributed by atoms with E-state index in [4.69, 9.17) is 0 Å². The van der Waals surface area contributed by atoms with Crippen molar-refractivity contribution in [2.24, 2.45) is 7.05 Å². The molecule has 1 N–H and O–H groups in total. The number of nitrogens with one attached hydrogen (secondary N) is 1. The summed E-state index contributed by atoms with van der Waals surface area (Å²) in [5.74, 6) is 1.13. The number of likely N-dealkylation sites (N-methyl/N-ethyl adjacent to an activating group) is 1. The number of aryl methyl sites for hydroxylation is 1. The van der Waals surface area contributed by atoms with Gasteiger partial charge in [-0.3, -0.25) is 4.90 Å². The zero-order chi connectivity index (χ0) is 13.0. The van der Waals surface area contributed by atoms with Crippen LogP contribution in [0.25, 0.3) is 0 Å². The van der Waals surface area contributed by atoms with Crippen LogP contribution in [0.2, 0.25) is 0 Å². The Bertz CT molecular complexity index is 354. The van der Waals surface area contributed by atoms with Crippen LogP contribution in [0.1, 0.15) is 38.4 Å². The van der Waals surface area contributed by atoms with Gasteiger partial charge in [0.25, 0.3) is 0 Å². The van der Waals surface area contributed by atoms with E-state index in [9.17, 15) is 0 Å². The maximum atomic E-state index is 4.38. The Kier molecular flexibility index (Phi) is 4.78. The summed E-state index contributed by atoms with van der Waals surface area (Å²) in [6.45, 7) is 4.27. The minimum Gasteiger partial charge on any atom is -0.337 e. The summed E-state index contributed by atoms with van der Waals surface area (Å²) in [7, 11) is 4.23. The highest BCUT2D eigenvalue weighted by molar-refractivity contribution is 4.91. The van der Waals surface area contributed by atoms with E-state index >= 15 is 0 Å². The minimum atomic E-state index is 0.544. The number of hydrogen-bond acceptors (Lipinski definition) is 3. The van der Waals surface area contributed by atoms with E-state index < -0.39 is 0 Å². The third kappa shape index (κ3) is 3.56. The van der Waals surface area contributed by atoms with Crippen LogP contribution in [-0.2, 0) is 13.6 Å². The molecular formula is C14H26N4. The summed E-state index contributed by atoms with van der Waals surface area (Å²) >= 11 is 0. The fraction of sp³-hybridized carbons (Fsp3) is 0.786. The predicted molar refractivity (Wildman–Crippen MR) is 74.4 cm³/mol. The monoisotopic (exact) mass is 250 g/mol. The molecule has 0 aromatic carbocycles. The van der Waals surface area contributed by atoms with Crippen LogP contribution in [-0.4, -0.2) is 40.1 Å². The molecule has 0 bridgehead atoms. The van der Waals surface area contributed by atoms with Crippen LogP contribution in [0.15, 0.2) is 12.4 Å². The van der Waals surface area contributed by atoms with Crippen LogP contribution in [0.3, 0.4) is 0 Å². The Morgan fingerprint density at radius 2 is 2.22 bits per heavy atom. The molecule has 1 saturated carbocycles. The molecule has 0 aliphatic heterocycles. The van der Waals surface area contributed by atoms with Crippen molar-refractivity contribution >= 4 is 0 Å². The van der Waals surface area contributed by atoms with Gasteiger partial charge >= 0.3 is 0 Å². The highest BCUT2D eigenvalue weighted by Crippen LogP contribution is 2.17. The van der Waals surface area contributed by atoms with Gasteiger partial charge in [-0.05, 0) is 26.8 Å². The molecule has 4 heteroatoms. The Morgan fingerprint density at radius 1 is 1.50 bits per heavy atom. The molecule has 1 aromatic heterocycles. The lowest BCUT2D eigenvalue weighted by atomic mass is 10.2. The van der Waals surface area contributed by atoms with Crippen LogP contribution in [0.5, 0.6) is 0 Å². The SMILES string of the molecule is CC(CNC1CCCC1)N(C)Cc1nccn1C. The average Bonchev–Trinajstić information content (AvgIpc) is 2.99. The molecule has 1 fully saturated rings. The highest BCUT2D eigenvalue weighted by atomic mass is 15.2. The summed E-state index contributed by atoms with van der Waals surface area (Å²) in [6, 6.07) is 1.30. The first kappa shape index (κ1) is 13.6. The standard InChI is InChI=1S/C14H26N4/c1-12(10-16-13-6-4-5-7-13)18(3)11-14-15-8-9-17(14)2/h8-9,12-13,16H,4-7,10-11H2,1-3H3. The summed E-state index contributed by atoms with van der Waals surface area (Å²) in [5, 5.41) is 3.69. The summed E-state index contributed by atoms with van der Waals surface area (Å²) in [6.07, 6.45) is 9.38. The first-order valence-corrected chi connectivity index (χ1v) is 7.06. The molecule has 18 heavy (non-hydrogen) atoms. The Morgan fingerprint density at radius 3 is 2.83 bits per heavy atom. The molecular weight excluding hydrogens is 224 g/mol. The molecule has 1 aromatic rings. The molecule has 2 rings (SSSR count). The lowest BCUT2D eigenvalue weighted by Gasteiger charge is -2.26. The van der Waals surface area contributed by atoms with E-state index in [-0.39, 0.29) is 0 Å². The molecule has 1 unspecified atom stereocenters.